The number of carboxylic acids is 1. The van der Waals surface area contributed by atoms with Crippen LogP contribution in [0.3, 0.4) is 0 Å². The Kier molecular flexibility index (Phi) is 8.57. The van der Waals surface area contributed by atoms with Crippen LogP contribution < -0.4 is 10.6 Å². The first-order chi connectivity index (χ1) is 18.6. The quantitative estimate of drug-likeness (QED) is 0.306. The van der Waals surface area contributed by atoms with Gasteiger partial charge in [0.1, 0.15) is 6.04 Å². The van der Waals surface area contributed by atoms with Gasteiger partial charge < -0.3 is 20.6 Å². The maximum absolute atomic E-state index is 13.1. The molecule has 10 heteroatoms. The monoisotopic (exact) mass is 567 g/mol. The van der Waals surface area contributed by atoms with E-state index in [1.54, 1.807) is 49.4 Å². The Bertz CT molecular complexity index is 1390. The molecule has 0 spiro atoms. The standard InChI is InChI=1S/C29H27Cl2N3O5/c1-17(19-7-4-3-5-8-19)24-16-29(2,39-34-24)28(38)33-23(27(36)37)15-18-11-13-20(14-12-18)32-26(35)25-21(30)9-6-10-22(25)31/h3-14,17,23H,15-16H2,1-2H3,(H,32,35)(H,33,38)(H,36,37)/t17?,23-,29?/m0/s1. The summed E-state index contributed by atoms with van der Waals surface area (Å²) in [6.45, 7) is 3.58. The highest BCUT2D eigenvalue weighted by molar-refractivity contribution is 6.40. The summed E-state index contributed by atoms with van der Waals surface area (Å²) in [6.07, 6.45) is 0.265. The summed E-state index contributed by atoms with van der Waals surface area (Å²) in [4.78, 5) is 43.2. The average molecular weight is 568 g/mol. The van der Waals surface area contributed by atoms with E-state index in [1.807, 2.05) is 37.3 Å². The number of amides is 2. The Morgan fingerprint density at radius 2 is 1.64 bits per heavy atom. The van der Waals surface area contributed by atoms with Crippen molar-refractivity contribution in [2.45, 2.75) is 44.2 Å². The normalized spacial score (nSPS) is 17.9. The highest BCUT2D eigenvalue weighted by Crippen LogP contribution is 2.31. The molecule has 202 valence electrons. The molecule has 3 aromatic rings. The average Bonchev–Trinajstić information content (AvgIpc) is 3.32. The van der Waals surface area contributed by atoms with Crippen molar-refractivity contribution in [1.82, 2.24) is 5.32 Å². The fourth-order valence-corrected chi connectivity index (χ4v) is 4.81. The highest BCUT2D eigenvalue weighted by Gasteiger charge is 2.44. The number of carboxylic acid groups (broad SMARTS) is 1. The van der Waals surface area contributed by atoms with Crippen LogP contribution in [0.5, 0.6) is 0 Å². The number of carbonyl (C=O) groups is 3. The van der Waals surface area contributed by atoms with E-state index in [4.69, 9.17) is 28.0 Å². The minimum atomic E-state index is -1.32. The summed E-state index contributed by atoms with van der Waals surface area (Å²) in [7, 11) is 0. The first-order valence-electron chi connectivity index (χ1n) is 12.3. The number of nitrogens with one attached hydrogen (secondary N) is 2. The van der Waals surface area contributed by atoms with Crippen LogP contribution in [-0.4, -0.2) is 40.2 Å². The number of benzene rings is 3. The molecule has 0 aliphatic carbocycles. The lowest BCUT2D eigenvalue weighted by molar-refractivity contribution is -0.148. The van der Waals surface area contributed by atoms with Gasteiger partial charge in [-0.1, -0.05) is 83.8 Å². The maximum atomic E-state index is 13.1. The fourth-order valence-electron chi connectivity index (χ4n) is 4.24. The van der Waals surface area contributed by atoms with Gasteiger partial charge in [0.15, 0.2) is 0 Å². The topological polar surface area (TPSA) is 117 Å². The second kappa shape index (κ2) is 11.9. The number of anilines is 1. The van der Waals surface area contributed by atoms with Gasteiger partial charge in [-0.15, -0.1) is 0 Å². The van der Waals surface area contributed by atoms with Gasteiger partial charge in [0.2, 0.25) is 5.60 Å². The van der Waals surface area contributed by atoms with Crippen LogP contribution in [0.25, 0.3) is 0 Å². The first kappa shape index (κ1) is 28.1. The molecule has 0 fully saturated rings. The van der Waals surface area contributed by atoms with Gasteiger partial charge in [-0.3, -0.25) is 9.59 Å². The van der Waals surface area contributed by atoms with Crippen LogP contribution in [-0.2, 0) is 20.8 Å². The molecule has 3 atom stereocenters. The summed E-state index contributed by atoms with van der Waals surface area (Å²) in [5, 5.41) is 19.7. The minimum Gasteiger partial charge on any atom is -0.480 e. The van der Waals surface area contributed by atoms with E-state index in [0.29, 0.717) is 17.0 Å². The second-order valence-electron chi connectivity index (χ2n) is 9.53. The molecule has 0 bridgehead atoms. The Labute approximate surface area is 236 Å². The maximum Gasteiger partial charge on any atom is 0.326 e. The Balaban J connectivity index is 1.37. The fraction of sp³-hybridized carbons (Fsp3) is 0.241. The smallest absolute Gasteiger partial charge is 0.326 e. The molecule has 4 rings (SSSR count). The van der Waals surface area contributed by atoms with Crippen molar-refractivity contribution in [1.29, 1.82) is 0 Å². The molecule has 0 saturated heterocycles. The van der Waals surface area contributed by atoms with Crippen LogP contribution in [0.1, 0.15) is 47.7 Å². The van der Waals surface area contributed by atoms with Crippen molar-refractivity contribution in [3.05, 3.63) is 99.5 Å². The zero-order valence-corrected chi connectivity index (χ0v) is 22.8. The number of carbonyl (C=O) groups excluding carboxylic acids is 2. The van der Waals surface area contributed by atoms with Crippen LogP contribution in [0.15, 0.2) is 78.0 Å². The van der Waals surface area contributed by atoms with E-state index >= 15 is 0 Å². The van der Waals surface area contributed by atoms with Gasteiger partial charge in [-0.05, 0) is 42.3 Å². The lowest BCUT2D eigenvalue weighted by Gasteiger charge is -2.24. The van der Waals surface area contributed by atoms with Crippen LogP contribution in [0.4, 0.5) is 5.69 Å². The molecule has 2 unspecified atom stereocenters. The lowest BCUT2D eigenvalue weighted by Crippen LogP contribution is -2.52. The van der Waals surface area contributed by atoms with Gasteiger partial charge in [0, 0.05) is 24.4 Å². The zero-order valence-electron chi connectivity index (χ0n) is 21.3. The zero-order chi connectivity index (χ0) is 28.2. The number of oxime groups is 1. The Morgan fingerprint density at radius 1 is 1.00 bits per heavy atom. The molecular formula is C29H27Cl2N3O5. The molecule has 39 heavy (non-hydrogen) atoms. The molecule has 3 N–H and O–H groups in total. The Hall–Kier alpha value is -3.88. The molecule has 1 aliphatic rings. The predicted molar refractivity (Wildman–Crippen MR) is 151 cm³/mol. The first-order valence-corrected chi connectivity index (χ1v) is 13.0. The van der Waals surface area contributed by atoms with Crippen molar-refractivity contribution >= 4 is 52.4 Å². The van der Waals surface area contributed by atoms with Crippen molar-refractivity contribution < 1.29 is 24.3 Å². The minimum absolute atomic E-state index is 0.0237. The number of halogens is 2. The number of hydrogen-bond acceptors (Lipinski definition) is 5. The van der Waals surface area contributed by atoms with Crippen LogP contribution >= 0.6 is 23.2 Å². The van der Waals surface area contributed by atoms with Crippen molar-refractivity contribution in [2.75, 3.05) is 5.32 Å². The van der Waals surface area contributed by atoms with E-state index in [1.165, 1.54) is 0 Å². The van der Waals surface area contributed by atoms with E-state index in [0.717, 1.165) is 5.56 Å². The summed E-state index contributed by atoms with van der Waals surface area (Å²) in [5.41, 5.74) is 1.71. The molecule has 2 amide bonds. The number of aliphatic carboxylic acids is 1. The van der Waals surface area contributed by atoms with E-state index in [9.17, 15) is 19.5 Å². The van der Waals surface area contributed by atoms with Gasteiger partial charge in [0.25, 0.3) is 11.8 Å². The van der Waals surface area contributed by atoms with E-state index < -0.39 is 29.4 Å². The van der Waals surface area contributed by atoms with Crippen LogP contribution in [0.2, 0.25) is 10.0 Å². The molecule has 0 aromatic heterocycles. The molecule has 1 heterocycles. The molecule has 0 saturated carbocycles. The summed E-state index contributed by atoms with van der Waals surface area (Å²) < 4.78 is 0. The SMILES string of the molecule is CC(C1=NOC(C)(C(=O)N[C@@H](Cc2ccc(NC(=O)c3c(Cl)cccc3Cl)cc2)C(=O)O)C1)c1ccccc1. The third-order valence-corrected chi connectivity index (χ3v) is 7.24. The van der Waals surface area contributed by atoms with Gasteiger partial charge in [-0.2, -0.15) is 0 Å². The molecule has 1 aliphatic heterocycles. The van der Waals surface area contributed by atoms with Crippen molar-refractivity contribution in [3.8, 4) is 0 Å². The van der Waals surface area contributed by atoms with E-state index in [-0.39, 0.29) is 34.4 Å². The van der Waals surface area contributed by atoms with Gasteiger partial charge >= 0.3 is 5.97 Å². The second-order valence-corrected chi connectivity index (χ2v) is 10.3. The molecule has 0 radical (unpaired) electrons. The number of nitrogens with zero attached hydrogens (tertiary/aromatic N) is 1. The third-order valence-electron chi connectivity index (χ3n) is 6.61. The largest absolute Gasteiger partial charge is 0.480 e. The summed E-state index contributed by atoms with van der Waals surface area (Å²) >= 11 is 12.2. The lowest BCUT2D eigenvalue weighted by atomic mass is 9.88. The Morgan fingerprint density at radius 3 is 2.26 bits per heavy atom. The molecular weight excluding hydrogens is 541 g/mol. The van der Waals surface area contributed by atoms with Gasteiger partial charge in [-0.25, -0.2) is 4.79 Å². The van der Waals surface area contributed by atoms with Crippen LogP contribution in [0, 0.1) is 0 Å². The number of rotatable bonds is 9. The summed E-state index contributed by atoms with van der Waals surface area (Å²) in [6, 6.07) is 19.9. The number of hydrogen-bond donors (Lipinski definition) is 3. The highest BCUT2D eigenvalue weighted by atomic mass is 35.5. The predicted octanol–water partition coefficient (Wildman–Crippen LogP) is 5.70. The van der Waals surface area contributed by atoms with E-state index in [2.05, 4.69) is 15.8 Å². The molecule has 8 nitrogen and oxygen atoms in total. The third kappa shape index (κ3) is 6.58. The van der Waals surface area contributed by atoms with Crippen molar-refractivity contribution in [2.24, 2.45) is 5.16 Å². The summed E-state index contributed by atoms with van der Waals surface area (Å²) in [5.74, 6) is -2.27. The van der Waals surface area contributed by atoms with Gasteiger partial charge in [0.05, 0.1) is 21.3 Å². The molecule has 3 aromatic carbocycles. The van der Waals surface area contributed by atoms with Crippen molar-refractivity contribution in [3.63, 3.8) is 0 Å².